The topological polar surface area (TPSA) is 81.6 Å². The summed E-state index contributed by atoms with van der Waals surface area (Å²) in [4.78, 5) is 13.4. The van der Waals surface area contributed by atoms with Crippen LogP contribution in [0.3, 0.4) is 0 Å². The van der Waals surface area contributed by atoms with Crippen LogP contribution in [0.25, 0.3) is 0 Å². The molecule has 5 heteroatoms. The Hall–Kier alpha value is -3.93. The minimum absolute atomic E-state index is 0.493. The van der Waals surface area contributed by atoms with Crippen molar-refractivity contribution in [2.24, 2.45) is 0 Å². The number of nitrogens with one attached hydrogen (secondary N) is 2. The summed E-state index contributed by atoms with van der Waals surface area (Å²) in [5.41, 5.74) is 0.410. The van der Waals surface area contributed by atoms with Gasteiger partial charge in [0.25, 0.3) is 0 Å². The largest absolute Gasteiger partial charge is 0.363 e. The molecule has 0 unspecified atom stereocenters. The Balaban J connectivity index is 1.72. The minimum Gasteiger partial charge on any atom is -0.363 e. The van der Waals surface area contributed by atoms with Gasteiger partial charge in [-0.25, -0.2) is 4.79 Å². The number of benzene rings is 4. The van der Waals surface area contributed by atoms with Gasteiger partial charge in [-0.2, -0.15) is 0 Å². The van der Waals surface area contributed by atoms with E-state index in [9.17, 15) is 15.0 Å². The fourth-order valence-corrected chi connectivity index (χ4v) is 3.93. The van der Waals surface area contributed by atoms with Crippen molar-refractivity contribution in [1.82, 2.24) is 10.6 Å². The lowest BCUT2D eigenvalue weighted by atomic mass is 9.92. The molecule has 2 atom stereocenters. The second-order valence-electron chi connectivity index (χ2n) is 8.46. The maximum absolute atomic E-state index is 13.4. The van der Waals surface area contributed by atoms with Crippen LogP contribution < -0.4 is 10.6 Å². The van der Waals surface area contributed by atoms with Crippen LogP contribution in [0.15, 0.2) is 109 Å². The number of hydrogen-bond acceptors (Lipinski definition) is 3. The van der Waals surface area contributed by atoms with Crippen LogP contribution in [0.2, 0.25) is 0 Å². The molecule has 5 nitrogen and oxygen atoms in total. The lowest BCUT2D eigenvalue weighted by Crippen LogP contribution is -2.56. The Morgan fingerprint density at radius 1 is 0.529 bits per heavy atom. The summed E-state index contributed by atoms with van der Waals surface area (Å²) in [7, 11) is 0. The minimum atomic E-state index is -1.82. The first-order valence-electron chi connectivity index (χ1n) is 11.1. The van der Waals surface area contributed by atoms with Gasteiger partial charge < -0.3 is 20.8 Å². The van der Waals surface area contributed by atoms with Crippen LogP contribution in [0, 0.1) is 13.8 Å². The van der Waals surface area contributed by atoms with E-state index < -0.39 is 17.5 Å². The standard InChI is InChI=1S/C29H28N2O3/c1-21-13-17-25(18-14-21)28(33,23-9-5-3-6-10-23)30-27(32)31-29(34,24-11-7-4-8-12-24)26-19-15-22(2)16-20-26/h3-20,33-34H,1-2H3,(H2,30,31,32)/t28-,29-/m0/s1. The van der Waals surface area contributed by atoms with Gasteiger partial charge in [-0.3, -0.25) is 0 Å². The maximum atomic E-state index is 13.4. The summed E-state index contributed by atoms with van der Waals surface area (Å²) in [6.07, 6.45) is 0. The van der Waals surface area contributed by atoms with E-state index in [1.54, 1.807) is 72.8 Å². The van der Waals surface area contributed by atoms with E-state index in [4.69, 9.17) is 0 Å². The number of rotatable bonds is 6. The molecule has 0 bridgehead atoms. The third-order valence-electron chi connectivity index (χ3n) is 5.91. The van der Waals surface area contributed by atoms with E-state index in [1.165, 1.54) is 0 Å². The van der Waals surface area contributed by atoms with Crippen molar-refractivity contribution in [3.05, 3.63) is 143 Å². The SMILES string of the molecule is Cc1ccc([C@](O)(NC(=O)N[C@](O)(c2ccccc2)c2ccc(C)cc2)c2ccccc2)cc1. The normalized spacial score (nSPS) is 14.5. The first-order valence-corrected chi connectivity index (χ1v) is 11.1. The molecule has 4 N–H and O–H groups in total. The molecule has 0 radical (unpaired) electrons. The first-order chi connectivity index (χ1) is 16.3. The van der Waals surface area contributed by atoms with Crippen LogP contribution in [0.4, 0.5) is 4.79 Å². The van der Waals surface area contributed by atoms with E-state index in [0.29, 0.717) is 22.3 Å². The Kier molecular flexibility index (Phi) is 6.50. The maximum Gasteiger partial charge on any atom is 0.320 e. The molecule has 0 fully saturated rings. The summed E-state index contributed by atoms with van der Waals surface area (Å²) < 4.78 is 0. The first kappa shape index (κ1) is 23.2. The summed E-state index contributed by atoms with van der Waals surface area (Å²) in [6.45, 7) is 3.90. The number of urea groups is 1. The van der Waals surface area contributed by atoms with Crippen LogP contribution in [0.1, 0.15) is 33.4 Å². The highest BCUT2D eigenvalue weighted by Gasteiger charge is 2.38. The Bertz CT molecular complexity index is 1140. The molecule has 0 saturated heterocycles. The monoisotopic (exact) mass is 452 g/mol. The molecule has 4 aromatic rings. The number of carbonyl (C=O) groups excluding carboxylic acids is 1. The van der Waals surface area contributed by atoms with Crippen LogP contribution >= 0.6 is 0 Å². The van der Waals surface area contributed by atoms with Crippen molar-refractivity contribution < 1.29 is 15.0 Å². The molecule has 4 aromatic carbocycles. The highest BCUT2D eigenvalue weighted by molar-refractivity contribution is 5.77. The fraction of sp³-hybridized carbons (Fsp3) is 0.138. The highest BCUT2D eigenvalue weighted by atomic mass is 16.3. The molecule has 172 valence electrons. The Labute approximate surface area is 199 Å². The van der Waals surface area contributed by atoms with Gasteiger partial charge in [0.1, 0.15) is 0 Å². The summed E-state index contributed by atoms with van der Waals surface area (Å²) in [5, 5.41) is 28.9. The predicted octanol–water partition coefficient (Wildman–Crippen LogP) is 4.69. The summed E-state index contributed by atoms with van der Waals surface area (Å²) >= 11 is 0. The van der Waals surface area contributed by atoms with Crippen molar-refractivity contribution in [1.29, 1.82) is 0 Å². The zero-order valence-corrected chi connectivity index (χ0v) is 19.2. The number of carbonyl (C=O) groups is 1. The predicted molar refractivity (Wildman–Crippen MR) is 133 cm³/mol. The lowest BCUT2D eigenvalue weighted by molar-refractivity contribution is 0.0316. The van der Waals surface area contributed by atoms with Gasteiger partial charge in [-0.1, -0.05) is 120 Å². The van der Waals surface area contributed by atoms with E-state index in [1.807, 2.05) is 50.2 Å². The summed E-state index contributed by atoms with van der Waals surface area (Å²) in [6, 6.07) is 31.6. The van der Waals surface area contributed by atoms with Gasteiger partial charge in [0.2, 0.25) is 0 Å². The van der Waals surface area contributed by atoms with E-state index >= 15 is 0 Å². The number of aryl methyl sites for hydroxylation is 2. The zero-order valence-electron chi connectivity index (χ0n) is 19.2. The second-order valence-corrected chi connectivity index (χ2v) is 8.46. The van der Waals surface area contributed by atoms with Crippen LogP contribution in [-0.2, 0) is 11.4 Å². The van der Waals surface area contributed by atoms with Crippen molar-refractivity contribution in [3.63, 3.8) is 0 Å². The molecule has 0 spiro atoms. The van der Waals surface area contributed by atoms with Crippen molar-refractivity contribution in [2.75, 3.05) is 0 Å². The average Bonchev–Trinajstić information content (AvgIpc) is 2.85. The second kappa shape index (κ2) is 9.51. The molecule has 2 amide bonds. The lowest BCUT2D eigenvalue weighted by Gasteiger charge is -2.34. The van der Waals surface area contributed by atoms with Crippen molar-refractivity contribution in [3.8, 4) is 0 Å². The summed E-state index contributed by atoms with van der Waals surface area (Å²) in [5.74, 6) is 0. The molecule has 0 aliphatic rings. The fourth-order valence-electron chi connectivity index (χ4n) is 3.93. The van der Waals surface area contributed by atoms with Gasteiger partial charge >= 0.3 is 6.03 Å². The van der Waals surface area contributed by atoms with Gasteiger partial charge in [-0.05, 0) is 13.8 Å². The molecular formula is C29H28N2O3. The molecule has 34 heavy (non-hydrogen) atoms. The quantitative estimate of drug-likeness (QED) is 0.321. The zero-order chi connectivity index (χ0) is 24.2. The molecule has 0 saturated carbocycles. The van der Waals surface area contributed by atoms with Gasteiger partial charge in [-0.15, -0.1) is 0 Å². The van der Waals surface area contributed by atoms with E-state index in [-0.39, 0.29) is 0 Å². The molecule has 0 aliphatic heterocycles. The molecule has 0 aromatic heterocycles. The van der Waals surface area contributed by atoms with Gasteiger partial charge in [0, 0.05) is 22.3 Å². The number of aliphatic hydroxyl groups is 2. The molecular weight excluding hydrogens is 424 g/mol. The smallest absolute Gasteiger partial charge is 0.320 e. The van der Waals surface area contributed by atoms with E-state index in [0.717, 1.165) is 11.1 Å². The number of hydrogen-bond donors (Lipinski definition) is 4. The molecule has 0 heterocycles. The molecule has 4 rings (SSSR count). The van der Waals surface area contributed by atoms with Crippen molar-refractivity contribution in [2.45, 2.75) is 25.3 Å². The van der Waals surface area contributed by atoms with Crippen molar-refractivity contribution >= 4 is 6.03 Å². The van der Waals surface area contributed by atoms with Gasteiger partial charge in [0.15, 0.2) is 11.4 Å². The van der Waals surface area contributed by atoms with Gasteiger partial charge in [0.05, 0.1) is 0 Å². The van der Waals surface area contributed by atoms with Crippen LogP contribution in [0.5, 0.6) is 0 Å². The van der Waals surface area contributed by atoms with E-state index in [2.05, 4.69) is 10.6 Å². The average molecular weight is 453 g/mol. The highest BCUT2D eigenvalue weighted by Crippen LogP contribution is 2.30. The van der Waals surface area contributed by atoms with Crippen LogP contribution in [-0.4, -0.2) is 16.2 Å². The Morgan fingerprint density at radius 2 is 0.824 bits per heavy atom. The molecule has 0 aliphatic carbocycles. The number of amides is 2. The Morgan fingerprint density at radius 3 is 1.15 bits per heavy atom. The third-order valence-corrected chi connectivity index (χ3v) is 5.91. The third kappa shape index (κ3) is 4.71.